The fraction of sp³-hybridized carbons (Fsp3) is 0.276. The molecule has 4 heterocycles. The molecule has 4 aliphatic heterocycles. The molecule has 2 fully saturated rings. The maximum Gasteiger partial charge on any atom is 0.251 e. The minimum atomic E-state index is -1.49. The molecule has 7 nitrogen and oxygen atoms in total. The van der Waals surface area contributed by atoms with E-state index in [0.29, 0.717) is 51.8 Å². The van der Waals surface area contributed by atoms with Crippen molar-refractivity contribution in [3.8, 4) is 5.75 Å². The summed E-state index contributed by atoms with van der Waals surface area (Å²) in [6.45, 7) is 0.586. The molecule has 2 saturated heterocycles. The van der Waals surface area contributed by atoms with Crippen molar-refractivity contribution in [3.05, 3.63) is 88.4 Å². The van der Waals surface area contributed by atoms with Crippen LogP contribution in [0.4, 0.5) is 11.4 Å². The van der Waals surface area contributed by atoms with E-state index in [1.807, 2.05) is 30.3 Å². The molecule has 0 aromatic heterocycles. The number of fused-ring (bicyclic) bond motifs is 7. The van der Waals surface area contributed by atoms with E-state index in [4.69, 9.17) is 16.3 Å². The molecule has 4 atom stereocenters. The molecule has 0 bridgehead atoms. The van der Waals surface area contributed by atoms with Crippen molar-refractivity contribution in [1.82, 2.24) is 4.90 Å². The summed E-state index contributed by atoms with van der Waals surface area (Å²) in [5.41, 5.74) is -0.0254. The number of carbonyl (C=O) groups excluding carboxylic acids is 3. The summed E-state index contributed by atoms with van der Waals surface area (Å²) in [7, 11) is 1.55. The van der Waals surface area contributed by atoms with Gasteiger partial charge in [0.2, 0.25) is 5.91 Å². The Bertz CT molecular complexity index is 1520. The molecule has 3 aromatic rings. The third kappa shape index (κ3) is 2.53. The zero-order valence-electron chi connectivity index (χ0n) is 20.1. The monoisotopic (exact) mass is 513 g/mol. The maximum absolute atomic E-state index is 14.6. The second-order valence-corrected chi connectivity index (χ2v) is 10.5. The lowest BCUT2D eigenvalue weighted by Crippen LogP contribution is -2.62. The van der Waals surface area contributed by atoms with E-state index in [2.05, 4.69) is 15.5 Å². The quantitative estimate of drug-likeness (QED) is 0.508. The van der Waals surface area contributed by atoms with Crippen LogP contribution in [0.2, 0.25) is 5.02 Å². The Balaban J connectivity index is 1.58. The predicted octanol–water partition coefficient (Wildman–Crippen LogP) is 4.36. The van der Waals surface area contributed by atoms with Crippen LogP contribution in [0.5, 0.6) is 5.75 Å². The summed E-state index contributed by atoms with van der Waals surface area (Å²) < 4.78 is 5.40. The van der Waals surface area contributed by atoms with Gasteiger partial charge in [-0.25, -0.2) is 0 Å². The van der Waals surface area contributed by atoms with Crippen molar-refractivity contribution in [2.75, 3.05) is 24.3 Å². The summed E-state index contributed by atoms with van der Waals surface area (Å²) in [6.07, 6.45) is 1.51. The minimum absolute atomic E-state index is 0.178. The van der Waals surface area contributed by atoms with Gasteiger partial charge in [0.1, 0.15) is 16.7 Å². The second kappa shape index (κ2) is 7.66. The highest BCUT2D eigenvalue weighted by Gasteiger charge is 2.81. The summed E-state index contributed by atoms with van der Waals surface area (Å²) >= 11 is 6.58. The van der Waals surface area contributed by atoms with E-state index in [0.717, 1.165) is 6.42 Å². The molecular formula is C29H24ClN3O4. The summed E-state index contributed by atoms with van der Waals surface area (Å²) in [4.78, 5) is 45.5. The van der Waals surface area contributed by atoms with Gasteiger partial charge in [-0.05, 0) is 49.2 Å². The largest absolute Gasteiger partial charge is 0.497 e. The standard InChI is InChI=1S/C29H24ClN3O4/c1-37-17-8-4-7-16(15-17)25(34)23-22-13-6-14-33(22)29(19-10-5-11-20(30)24(19)32-27(29)36)28(23)18-9-2-3-12-21(18)31-26(28)35/h2-5,7-12,15,22-23H,6,13-14H2,1H3,(H,31,35)(H,32,36)/t22-,23-,28+,29-/m1/s1. The number of anilines is 2. The molecule has 2 spiro atoms. The fourth-order valence-corrected chi connectivity index (χ4v) is 7.75. The summed E-state index contributed by atoms with van der Waals surface area (Å²) in [6, 6.07) is 19.5. The molecule has 2 amide bonds. The van der Waals surface area contributed by atoms with Gasteiger partial charge in [-0.15, -0.1) is 0 Å². The molecule has 0 unspecified atom stereocenters. The van der Waals surface area contributed by atoms with Crippen LogP contribution in [0, 0.1) is 5.92 Å². The average Bonchev–Trinajstić information content (AvgIpc) is 3.63. The van der Waals surface area contributed by atoms with Crippen LogP contribution in [0.1, 0.15) is 34.3 Å². The normalized spacial score (nSPS) is 29.2. The van der Waals surface area contributed by atoms with E-state index in [1.54, 1.807) is 43.5 Å². The Morgan fingerprint density at radius 1 is 1.00 bits per heavy atom. The number of benzene rings is 3. The number of nitrogens with zero attached hydrogens (tertiary/aromatic N) is 1. The van der Waals surface area contributed by atoms with Gasteiger partial charge in [0.05, 0.1) is 23.7 Å². The smallest absolute Gasteiger partial charge is 0.251 e. The highest BCUT2D eigenvalue weighted by Crippen LogP contribution is 2.68. The molecule has 8 heteroatoms. The SMILES string of the molecule is COc1cccc(C(=O)[C@H]2[C@H]3CCCN3[C@]3(C(=O)Nc4c(Cl)cccc43)[C@]23C(=O)Nc2ccccc23)c1. The van der Waals surface area contributed by atoms with Crippen molar-refractivity contribution < 1.29 is 19.1 Å². The molecule has 0 radical (unpaired) electrons. The van der Waals surface area contributed by atoms with Gasteiger partial charge < -0.3 is 15.4 Å². The number of methoxy groups -OCH3 is 1. The Labute approximate surface area is 218 Å². The van der Waals surface area contributed by atoms with E-state index >= 15 is 0 Å². The lowest BCUT2D eigenvalue weighted by molar-refractivity contribution is -0.137. The molecule has 3 aromatic carbocycles. The number of carbonyl (C=O) groups is 3. The fourth-order valence-electron chi connectivity index (χ4n) is 7.53. The number of amides is 2. The molecule has 7 rings (SSSR count). The number of rotatable bonds is 3. The van der Waals surface area contributed by atoms with Crippen molar-refractivity contribution in [2.45, 2.75) is 29.8 Å². The van der Waals surface area contributed by atoms with E-state index in [9.17, 15) is 14.4 Å². The van der Waals surface area contributed by atoms with Crippen LogP contribution in [-0.4, -0.2) is 42.2 Å². The van der Waals surface area contributed by atoms with Crippen molar-refractivity contribution in [3.63, 3.8) is 0 Å². The molecule has 2 N–H and O–H groups in total. The maximum atomic E-state index is 14.6. The number of hydrogen-bond donors (Lipinski definition) is 2. The van der Waals surface area contributed by atoms with Crippen molar-refractivity contribution in [2.24, 2.45) is 5.92 Å². The zero-order chi connectivity index (χ0) is 25.5. The van der Waals surface area contributed by atoms with Gasteiger partial charge in [0.25, 0.3) is 5.91 Å². The zero-order valence-corrected chi connectivity index (χ0v) is 20.8. The number of ketones is 1. The number of para-hydroxylation sites is 2. The Kier molecular flexibility index (Phi) is 4.66. The van der Waals surface area contributed by atoms with Gasteiger partial charge in [-0.2, -0.15) is 0 Å². The number of ether oxygens (including phenoxy) is 1. The molecule has 37 heavy (non-hydrogen) atoms. The van der Waals surface area contributed by atoms with Gasteiger partial charge in [-0.3, -0.25) is 19.3 Å². The number of halogens is 1. The topological polar surface area (TPSA) is 87.7 Å². The van der Waals surface area contributed by atoms with E-state index in [-0.39, 0.29) is 23.6 Å². The third-order valence-electron chi connectivity index (χ3n) is 8.72. The van der Waals surface area contributed by atoms with Crippen LogP contribution < -0.4 is 15.4 Å². The van der Waals surface area contributed by atoms with Gasteiger partial charge >= 0.3 is 0 Å². The number of Topliss-reactive ketones (excluding diaryl/α,β-unsaturated/α-hetero) is 1. The first-order valence-electron chi connectivity index (χ1n) is 12.4. The number of nitrogens with one attached hydrogen (secondary N) is 2. The average molecular weight is 514 g/mol. The first-order valence-corrected chi connectivity index (χ1v) is 12.8. The molecule has 186 valence electrons. The Hall–Kier alpha value is -3.68. The lowest BCUT2D eigenvalue weighted by Gasteiger charge is -2.43. The molecule has 4 aliphatic rings. The molecular weight excluding hydrogens is 490 g/mol. The van der Waals surface area contributed by atoms with Crippen molar-refractivity contribution >= 4 is 40.6 Å². The van der Waals surface area contributed by atoms with E-state index in [1.165, 1.54) is 0 Å². The van der Waals surface area contributed by atoms with E-state index < -0.39 is 16.9 Å². The summed E-state index contributed by atoms with van der Waals surface area (Å²) in [5.74, 6) is -1.09. The van der Waals surface area contributed by atoms with Crippen LogP contribution >= 0.6 is 11.6 Å². The minimum Gasteiger partial charge on any atom is -0.497 e. The Morgan fingerprint density at radius 2 is 1.78 bits per heavy atom. The van der Waals surface area contributed by atoms with Crippen LogP contribution in [0.3, 0.4) is 0 Å². The number of hydrogen-bond acceptors (Lipinski definition) is 5. The molecule has 0 saturated carbocycles. The predicted molar refractivity (Wildman–Crippen MR) is 139 cm³/mol. The van der Waals surface area contributed by atoms with Gasteiger partial charge in [-0.1, -0.05) is 54.1 Å². The first kappa shape index (κ1) is 22.5. The molecule has 0 aliphatic carbocycles. The van der Waals surface area contributed by atoms with Crippen LogP contribution in [-0.2, 0) is 20.5 Å². The third-order valence-corrected chi connectivity index (χ3v) is 9.03. The van der Waals surface area contributed by atoms with Crippen LogP contribution in [0.15, 0.2) is 66.7 Å². The second-order valence-electron chi connectivity index (χ2n) is 10.1. The first-order chi connectivity index (χ1) is 18.0. The van der Waals surface area contributed by atoms with Crippen LogP contribution in [0.25, 0.3) is 0 Å². The Morgan fingerprint density at radius 3 is 2.62 bits per heavy atom. The highest BCUT2D eigenvalue weighted by atomic mass is 35.5. The van der Waals surface area contributed by atoms with Crippen molar-refractivity contribution in [1.29, 1.82) is 0 Å². The highest BCUT2D eigenvalue weighted by molar-refractivity contribution is 6.35. The lowest BCUT2D eigenvalue weighted by atomic mass is 9.57. The van der Waals surface area contributed by atoms with Gasteiger partial charge in [0.15, 0.2) is 5.78 Å². The summed E-state index contributed by atoms with van der Waals surface area (Å²) in [5, 5.41) is 6.45. The van der Waals surface area contributed by atoms with Gasteiger partial charge in [0, 0.05) is 22.9 Å².